The van der Waals surface area contributed by atoms with Gasteiger partial charge in [-0.05, 0) is 49.3 Å². The van der Waals surface area contributed by atoms with Gasteiger partial charge in [-0.25, -0.2) is 9.97 Å². The van der Waals surface area contributed by atoms with E-state index >= 15 is 0 Å². The minimum absolute atomic E-state index is 0.924. The summed E-state index contributed by atoms with van der Waals surface area (Å²) in [4.78, 5) is 9.86. The van der Waals surface area contributed by atoms with Crippen molar-refractivity contribution in [1.29, 1.82) is 0 Å². The molecule has 5 aromatic rings. The summed E-state index contributed by atoms with van der Waals surface area (Å²) in [5.41, 5.74) is 8.56. The van der Waals surface area contributed by atoms with E-state index in [1.165, 1.54) is 11.1 Å². The lowest BCUT2D eigenvalue weighted by Crippen LogP contribution is -1.90. The maximum atomic E-state index is 4.93. The predicted octanol–water partition coefficient (Wildman–Crippen LogP) is 7.74. The lowest BCUT2D eigenvalue weighted by Gasteiger charge is -2.05. The number of aromatic nitrogens is 2. The van der Waals surface area contributed by atoms with Crippen LogP contribution in [0.25, 0.3) is 46.1 Å². The first-order valence-electron chi connectivity index (χ1n) is 10.8. The largest absolute Gasteiger partial charge is 0.246 e. The Kier molecular flexibility index (Phi) is 5.35. The molecule has 32 heavy (non-hydrogen) atoms. The molecule has 0 amide bonds. The number of hydrogen-bond acceptors (Lipinski definition) is 2. The highest BCUT2D eigenvalue weighted by Crippen LogP contribution is 2.24. The maximum absolute atomic E-state index is 4.93. The second-order valence-electron chi connectivity index (χ2n) is 8.17. The Hall–Kier alpha value is -4.04. The van der Waals surface area contributed by atoms with Crippen molar-refractivity contribution >= 4 is 46.1 Å². The summed E-state index contributed by atoms with van der Waals surface area (Å²) in [5.74, 6) is 0. The molecule has 2 heterocycles. The molecule has 0 N–H and O–H groups in total. The number of benzene rings is 3. The van der Waals surface area contributed by atoms with Crippen LogP contribution in [-0.4, -0.2) is 9.97 Å². The van der Waals surface area contributed by atoms with Gasteiger partial charge in [0.25, 0.3) is 0 Å². The van der Waals surface area contributed by atoms with Crippen molar-refractivity contribution in [3.8, 4) is 0 Å². The van der Waals surface area contributed by atoms with Gasteiger partial charge in [0.15, 0.2) is 0 Å². The second-order valence-corrected chi connectivity index (χ2v) is 8.17. The van der Waals surface area contributed by atoms with Crippen molar-refractivity contribution in [3.63, 3.8) is 0 Å². The summed E-state index contributed by atoms with van der Waals surface area (Å²) in [6.07, 6.45) is 8.32. The van der Waals surface area contributed by atoms with E-state index in [4.69, 9.17) is 9.97 Å². The topological polar surface area (TPSA) is 25.8 Å². The van der Waals surface area contributed by atoms with Gasteiger partial charge >= 0.3 is 0 Å². The molecule has 3 aromatic carbocycles. The fourth-order valence-corrected chi connectivity index (χ4v) is 3.70. The van der Waals surface area contributed by atoms with Gasteiger partial charge in [0.2, 0.25) is 0 Å². The molecular formula is C30H24N2. The summed E-state index contributed by atoms with van der Waals surface area (Å²) < 4.78 is 0. The van der Waals surface area contributed by atoms with Crippen LogP contribution in [0.1, 0.15) is 33.6 Å². The monoisotopic (exact) mass is 412 g/mol. The first-order valence-corrected chi connectivity index (χ1v) is 10.8. The van der Waals surface area contributed by atoms with E-state index in [2.05, 4.69) is 123 Å². The van der Waals surface area contributed by atoms with Crippen LogP contribution in [0.2, 0.25) is 0 Å². The fourth-order valence-electron chi connectivity index (χ4n) is 3.70. The molecule has 2 nitrogen and oxygen atoms in total. The van der Waals surface area contributed by atoms with Crippen LogP contribution in [0.5, 0.6) is 0 Å². The molecular weight excluding hydrogens is 388 g/mol. The summed E-state index contributed by atoms with van der Waals surface area (Å²) in [6, 6.07) is 29.5. The van der Waals surface area contributed by atoms with Crippen LogP contribution < -0.4 is 0 Å². The molecule has 0 bridgehead atoms. The zero-order chi connectivity index (χ0) is 21.9. The number of rotatable bonds is 4. The van der Waals surface area contributed by atoms with Crippen molar-refractivity contribution in [2.24, 2.45) is 0 Å². The SMILES string of the molecule is Cc1ccc(/C=C/c2ccc3ccc4ccc(/C=C/c5ccc(C)cc5)nc4c3n2)cc1. The molecule has 5 rings (SSSR count). The third-order valence-electron chi connectivity index (χ3n) is 5.61. The minimum atomic E-state index is 0.924. The standard InChI is InChI=1S/C30H24N2/c1-21-3-7-23(8-4-21)11-17-27-19-15-25-13-14-26-16-20-28(32-30(26)29(25)31-27)18-12-24-9-5-22(2)6-10-24/h3-20H,1-2H3/b17-11+,18-12+. The maximum Gasteiger partial charge on any atom is 0.0972 e. The number of hydrogen-bond donors (Lipinski definition) is 0. The number of aryl methyl sites for hydroxylation is 2. The molecule has 0 fully saturated rings. The summed E-state index contributed by atoms with van der Waals surface area (Å²) in [6.45, 7) is 4.20. The van der Waals surface area contributed by atoms with Gasteiger partial charge in [-0.1, -0.05) is 96.1 Å². The molecule has 0 saturated carbocycles. The van der Waals surface area contributed by atoms with Crippen molar-refractivity contribution in [2.45, 2.75) is 13.8 Å². The Labute approximate surface area is 188 Å². The van der Waals surface area contributed by atoms with Crippen molar-refractivity contribution in [3.05, 3.63) is 119 Å². The van der Waals surface area contributed by atoms with E-state index in [1.807, 2.05) is 0 Å². The molecule has 154 valence electrons. The Bertz CT molecular complexity index is 1340. The highest BCUT2D eigenvalue weighted by atomic mass is 14.8. The van der Waals surface area contributed by atoms with Gasteiger partial charge in [-0.2, -0.15) is 0 Å². The molecule has 0 radical (unpaired) electrons. The van der Waals surface area contributed by atoms with Crippen molar-refractivity contribution in [2.75, 3.05) is 0 Å². The van der Waals surface area contributed by atoms with Gasteiger partial charge in [0.05, 0.1) is 22.4 Å². The Morgan fingerprint density at radius 1 is 0.438 bits per heavy atom. The molecule has 0 saturated heterocycles. The molecule has 0 atom stereocenters. The van der Waals surface area contributed by atoms with Crippen LogP contribution in [0.4, 0.5) is 0 Å². The van der Waals surface area contributed by atoms with Gasteiger partial charge in [0, 0.05) is 10.8 Å². The summed E-state index contributed by atoms with van der Waals surface area (Å²) in [5, 5.41) is 2.19. The van der Waals surface area contributed by atoms with Crippen LogP contribution in [0.15, 0.2) is 84.9 Å². The lowest BCUT2D eigenvalue weighted by molar-refractivity contribution is 1.34. The molecule has 2 heteroatoms. The number of nitrogens with zero attached hydrogens (tertiary/aromatic N) is 2. The minimum Gasteiger partial charge on any atom is -0.246 e. The van der Waals surface area contributed by atoms with Crippen LogP contribution >= 0.6 is 0 Å². The first kappa shape index (κ1) is 19.9. The highest BCUT2D eigenvalue weighted by molar-refractivity contribution is 6.03. The fraction of sp³-hybridized carbons (Fsp3) is 0.0667. The molecule has 0 aliphatic carbocycles. The Morgan fingerprint density at radius 3 is 1.22 bits per heavy atom. The van der Waals surface area contributed by atoms with Crippen LogP contribution in [0, 0.1) is 13.8 Å². The first-order chi connectivity index (χ1) is 15.6. The second kappa shape index (κ2) is 8.60. The van der Waals surface area contributed by atoms with Gasteiger partial charge in [0.1, 0.15) is 0 Å². The van der Waals surface area contributed by atoms with Gasteiger partial charge in [-0.15, -0.1) is 0 Å². The van der Waals surface area contributed by atoms with E-state index in [0.29, 0.717) is 0 Å². The quantitative estimate of drug-likeness (QED) is 0.282. The molecule has 0 aliphatic rings. The summed E-state index contributed by atoms with van der Waals surface area (Å²) >= 11 is 0. The Morgan fingerprint density at radius 2 is 0.812 bits per heavy atom. The zero-order valence-electron chi connectivity index (χ0n) is 18.3. The van der Waals surface area contributed by atoms with E-state index in [-0.39, 0.29) is 0 Å². The number of fused-ring (bicyclic) bond motifs is 3. The normalized spacial score (nSPS) is 11.8. The van der Waals surface area contributed by atoms with Gasteiger partial charge < -0.3 is 0 Å². The zero-order valence-corrected chi connectivity index (χ0v) is 18.3. The van der Waals surface area contributed by atoms with E-state index in [0.717, 1.165) is 44.3 Å². The smallest absolute Gasteiger partial charge is 0.0972 e. The van der Waals surface area contributed by atoms with E-state index in [9.17, 15) is 0 Å². The number of pyridine rings is 2. The summed E-state index contributed by atoms with van der Waals surface area (Å²) in [7, 11) is 0. The van der Waals surface area contributed by atoms with E-state index < -0.39 is 0 Å². The lowest BCUT2D eigenvalue weighted by atomic mass is 10.1. The third kappa shape index (κ3) is 4.35. The van der Waals surface area contributed by atoms with Crippen molar-refractivity contribution in [1.82, 2.24) is 9.97 Å². The average molecular weight is 413 g/mol. The average Bonchev–Trinajstić information content (AvgIpc) is 2.83. The molecule has 2 aromatic heterocycles. The Balaban J connectivity index is 1.51. The van der Waals surface area contributed by atoms with Crippen molar-refractivity contribution < 1.29 is 0 Å². The molecule has 0 spiro atoms. The van der Waals surface area contributed by atoms with E-state index in [1.54, 1.807) is 0 Å². The van der Waals surface area contributed by atoms with Crippen LogP contribution in [-0.2, 0) is 0 Å². The molecule has 0 aliphatic heterocycles. The predicted molar refractivity (Wildman–Crippen MR) is 137 cm³/mol. The third-order valence-corrected chi connectivity index (χ3v) is 5.61. The van der Waals surface area contributed by atoms with Crippen LogP contribution in [0.3, 0.4) is 0 Å². The van der Waals surface area contributed by atoms with Gasteiger partial charge in [-0.3, -0.25) is 0 Å². The molecule has 0 unspecified atom stereocenters. The highest BCUT2D eigenvalue weighted by Gasteiger charge is 2.05.